The molecule has 5 atom stereocenters. The Morgan fingerprint density at radius 2 is 1.27 bits per heavy atom. The summed E-state index contributed by atoms with van der Waals surface area (Å²) in [7, 11) is 0. The Bertz CT molecular complexity index is 1240. The van der Waals surface area contributed by atoms with Gasteiger partial charge in [-0.2, -0.15) is 13.2 Å². The van der Waals surface area contributed by atoms with Gasteiger partial charge < -0.3 is 23.7 Å². The molecule has 1 saturated heterocycles. The van der Waals surface area contributed by atoms with Gasteiger partial charge in [0.05, 0.1) is 25.0 Å². The van der Waals surface area contributed by atoms with Crippen molar-refractivity contribution >= 4 is 17.6 Å². The monoisotopic (exact) mass is 557 g/mol. The summed E-state index contributed by atoms with van der Waals surface area (Å²) in [6.45, 7) is 3.03. The maximum atomic E-state index is 14.0. The number of ether oxygens (including phenoxy) is 5. The largest absolute Gasteiger partial charge is 0.468 e. The number of para-hydroxylation sites is 1. The van der Waals surface area contributed by atoms with Gasteiger partial charge in [0.15, 0.2) is 6.10 Å². The molecule has 1 aliphatic heterocycles. The molecule has 0 aromatic heterocycles. The average Bonchev–Trinajstić information content (AvgIpc) is 2.93. The van der Waals surface area contributed by atoms with Crippen LogP contribution in [0, 0.1) is 0 Å². The number of hydrogen-bond donors (Lipinski definition) is 0. The molecule has 3 aromatic rings. The van der Waals surface area contributed by atoms with Gasteiger partial charge in [-0.1, -0.05) is 78.9 Å². The van der Waals surface area contributed by atoms with Crippen molar-refractivity contribution in [1.82, 2.24) is 0 Å². The molecule has 0 N–H and O–H groups in total. The van der Waals surface area contributed by atoms with Gasteiger partial charge in [0.2, 0.25) is 6.29 Å². The molecule has 0 unspecified atom stereocenters. The molecular formula is C30H30F3NO6. The summed E-state index contributed by atoms with van der Waals surface area (Å²) in [5.74, 6) is -2.29. The standard InChI is InChI=1S/C30H30F3NO6/c1-20-25(36-18-22-12-6-3-7-13-22)26(37-19-23-14-8-4-9-15-23)27(39-21(2)35)28(38-20)40-29(30(31,32)33)34-24-16-10-5-11-17-24/h3-17,20,25-28H,18-19H2,1-2H3/t20-,25-,26+,27+,28-/m0/s1. The molecule has 40 heavy (non-hydrogen) atoms. The van der Waals surface area contributed by atoms with Crippen LogP contribution in [-0.4, -0.2) is 48.7 Å². The first kappa shape index (κ1) is 29.3. The third-order valence-electron chi connectivity index (χ3n) is 6.06. The van der Waals surface area contributed by atoms with Crippen molar-refractivity contribution in [3.8, 4) is 0 Å². The normalized spacial score (nSPS) is 23.4. The second kappa shape index (κ2) is 13.6. The minimum absolute atomic E-state index is 0.0312. The van der Waals surface area contributed by atoms with Crippen molar-refractivity contribution in [3.63, 3.8) is 0 Å². The van der Waals surface area contributed by atoms with Crippen LogP contribution < -0.4 is 0 Å². The van der Waals surface area contributed by atoms with Crippen LogP contribution in [0.3, 0.4) is 0 Å². The predicted octanol–water partition coefficient (Wildman–Crippen LogP) is 6.14. The van der Waals surface area contributed by atoms with E-state index in [0.29, 0.717) is 0 Å². The van der Waals surface area contributed by atoms with Gasteiger partial charge in [-0.05, 0) is 30.2 Å². The highest BCUT2D eigenvalue weighted by Crippen LogP contribution is 2.33. The molecule has 0 aliphatic carbocycles. The molecule has 4 rings (SSSR count). The van der Waals surface area contributed by atoms with E-state index in [-0.39, 0.29) is 18.9 Å². The zero-order valence-corrected chi connectivity index (χ0v) is 22.0. The van der Waals surface area contributed by atoms with Crippen molar-refractivity contribution in [2.75, 3.05) is 0 Å². The molecule has 1 aliphatic rings. The second-order valence-corrected chi connectivity index (χ2v) is 9.17. The highest BCUT2D eigenvalue weighted by Gasteiger charge is 2.51. The van der Waals surface area contributed by atoms with Crippen molar-refractivity contribution < 1.29 is 41.7 Å². The Morgan fingerprint density at radius 1 is 0.775 bits per heavy atom. The molecule has 10 heteroatoms. The van der Waals surface area contributed by atoms with Crippen molar-refractivity contribution in [2.24, 2.45) is 4.99 Å². The Labute approximate surface area is 230 Å². The lowest BCUT2D eigenvalue weighted by Crippen LogP contribution is -2.61. The number of alkyl halides is 3. The molecule has 0 bridgehead atoms. The SMILES string of the molecule is CC(=O)O[C@H]1[C@H](OC(=Nc2ccccc2)C(F)(F)F)O[C@@H](C)[C@H](OCc2ccccc2)[C@H]1OCc1ccccc1. The van der Waals surface area contributed by atoms with E-state index in [2.05, 4.69) is 4.99 Å². The molecule has 0 spiro atoms. The summed E-state index contributed by atoms with van der Waals surface area (Å²) in [5, 5.41) is 0. The summed E-state index contributed by atoms with van der Waals surface area (Å²) < 4.78 is 71.1. The third kappa shape index (κ3) is 8.14. The van der Waals surface area contributed by atoms with Crippen molar-refractivity contribution in [2.45, 2.75) is 63.9 Å². The van der Waals surface area contributed by atoms with E-state index in [1.54, 1.807) is 25.1 Å². The first-order valence-corrected chi connectivity index (χ1v) is 12.7. The molecule has 3 aromatic carbocycles. The van der Waals surface area contributed by atoms with E-state index in [1.807, 2.05) is 60.7 Å². The maximum absolute atomic E-state index is 14.0. The number of benzene rings is 3. The molecule has 212 valence electrons. The van der Waals surface area contributed by atoms with Gasteiger partial charge >= 0.3 is 12.1 Å². The van der Waals surface area contributed by atoms with Gasteiger partial charge in [-0.15, -0.1) is 0 Å². The number of halogens is 3. The molecule has 1 fully saturated rings. The van der Waals surface area contributed by atoms with Gasteiger partial charge in [-0.3, -0.25) is 4.79 Å². The summed E-state index contributed by atoms with van der Waals surface area (Å²) in [5.41, 5.74) is 1.71. The number of carbonyl (C=O) groups excluding carboxylic acids is 1. The number of esters is 1. The minimum Gasteiger partial charge on any atom is -0.453 e. The predicted molar refractivity (Wildman–Crippen MR) is 141 cm³/mol. The van der Waals surface area contributed by atoms with E-state index in [1.165, 1.54) is 12.1 Å². The van der Waals surface area contributed by atoms with E-state index in [4.69, 9.17) is 23.7 Å². The van der Waals surface area contributed by atoms with E-state index in [9.17, 15) is 18.0 Å². The molecular weight excluding hydrogens is 527 g/mol. The molecule has 7 nitrogen and oxygen atoms in total. The van der Waals surface area contributed by atoms with Crippen LogP contribution in [0.25, 0.3) is 0 Å². The van der Waals surface area contributed by atoms with Crippen LogP contribution >= 0.6 is 0 Å². The lowest BCUT2D eigenvalue weighted by Gasteiger charge is -2.44. The Morgan fingerprint density at radius 3 is 1.77 bits per heavy atom. The van der Waals surface area contributed by atoms with Crippen molar-refractivity contribution in [1.29, 1.82) is 0 Å². The molecule has 0 saturated carbocycles. The zero-order valence-electron chi connectivity index (χ0n) is 22.0. The molecule has 0 radical (unpaired) electrons. The number of rotatable bonds is 9. The smallest absolute Gasteiger partial charge is 0.453 e. The first-order chi connectivity index (χ1) is 19.2. The van der Waals surface area contributed by atoms with Gasteiger partial charge in [0, 0.05) is 6.92 Å². The number of carbonyl (C=O) groups is 1. The fourth-order valence-electron chi connectivity index (χ4n) is 4.22. The number of aliphatic imine (C=N–C) groups is 1. The summed E-state index contributed by atoms with van der Waals surface area (Å²) >= 11 is 0. The van der Waals surface area contributed by atoms with E-state index < -0.39 is 48.7 Å². The minimum atomic E-state index is -4.95. The highest BCUT2D eigenvalue weighted by atomic mass is 19.4. The lowest BCUT2D eigenvalue weighted by molar-refractivity contribution is -0.299. The summed E-state index contributed by atoms with van der Waals surface area (Å²) in [6, 6.07) is 26.1. The Kier molecular flexibility index (Phi) is 9.92. The highest BCUT2D eigenvalue weighted by molar-refractivity contribution is 5.84. The van der Waals surface area contributed by atoms with Gasteiger partial charge in [-0.25, -0.2) is 4.99 Å². The maximum Gasteiger partial charge on any atom is 0.468 e. The van der Waals surface area contributed by atoms with Crippen LogP contribution in [0.4, 0.5) is 18.9 Å². The van der Waals surface area contributed by atoms with Crippen LogP contribution in [0.2, 0.25) is 0 Å². The number of nitrogens with zero attached hydrogens (tertiary/aromatic N) is 1. The van der Waals surface area contributed by atoms with Crippen LogP contribution in [0.1, 0.15) is 25.0 Å². The molecule has 1 heterocycles. The second-order valence-electron chi connectivity index (χ2n) is 9.17. The summed E-state index contributed by atoms with van der Waals surface area (Å²) in [4.78, 5) is 15.8. The van der Waals surface area contributed by atoms with Crippen LogP contribution in [0.15, 0.2) is 96.0 Å². The van der Waals surface area contributed by atoms with Crippen LogP contribution in [0.5, 0.6) is 0 Å². The Balaban J connectivity index is 1.65. The van der Waals surface area contributed by atoms with Gasteiger partial charge in [0.1, 0.15) is 12.2 Å². The Hall–Kier alpha value is -3.73. The van der Waals surface area contributed by atoms with E-state index >= 15 is 0 Å². The summed E-state index contributed by atoms with van der Waals surface area (Å²) in [6.07, 6.45) is -10.7. The lowest BCUT2D eigenvalue weighted by atomic mass is 9.98. The topological polar surface area (TPSA) is 75.6 Å². The number of hydrogen-bond acceptors (Lipinski definition) is 7. The zero-order chi connectivity index (χ0) is 28.5. The van der Waals surface area contributed by atoms with Gasteiger partial charge in [0.25, 0.3) is 5.90 Å². The van der Waals surface area contributed by atoms with Crippen LogP contribution in [-0.2, 0) is 41.7 Å². The molecule has 0 amide bonds. The fourth-order valence-corrected chi connectivity index (χ4v) is 4.22. The van der Waals surface area contributed by atoms with E-state index in [0.717, 1.165) is 18.1 Å². The fraction of sp³-hybridized carbons (Fsp3) is 0.333. The third-order valence-corrected chi connectivity index (χ3v) is 6.06. The first-order valence-electron chi connectivity index (χ1n) is 12.7. The van der Waals surface area contributed by atoms with Crippen molar-refractivity contribution in [3.05, 3.63) is 102 Å². The quantitative estimate of drug-likeness (QED) is 0.179. The average molecular weight is 558 g/mol.